The minimum Gasteiger partial charge on any atom is -0.378 e. The number of hydrogen-bond acceptors (Lipinski definition) is 5. The maximum atomic E-state index is 12.2. The van der Waals surface area contributed by atoms with E-state index in [0.29, 0.717) is 5.16 Å². The third-order valence-electron chi connectivity index (χ3n) is 3.77. The minimum atomic E-state index is -0.100. The lowest BCUT2D eigenvalue weighted by Gasteiger charge is -2.13. The average molecular weight is 367 g/mol. The van der Waals surface area contributed by atoms with Gasteiger partial charge in [0.05, 0.1) is 17.6 Å². The lowest BCUT2D eigenvalue weighted by molar-refractivity contribution is -0.113. The highest BCUT2D eigenvalue weighted by molar-refractivity contribution is 7.99. The molecule has 0 radical (unpaired) electrons. The molecular formula is C19H21N5OS. The van der Waals surface area contributed by atoms with Crippen molar-refractivity contribution in [2.45, 2.75) is 5.16 Å². The molecule has 0 aliphatic rings. The lowest BCUT2D eigenvalue weighted by Crippen LogP contribution is -2.16. The van der Waals surface area contributed by atoms with Crippen LogP contribution in [0.15, 0.2) is 66.0 Å². The van der Waals surface area contributed by atoms with E-state index >= 15 is 0 Å². The van der Waals surface area contributed by atoms with E-state index in [-0.39, 0.29) is 11.7 Å². The molecule has 0 fully saturated rings. The summed E-state index contributed by atoms with van der Waals surface area (Å²) >= 11 is 1.30. The maximum Gasteiger partial charge on any atom is 0.234 e. The predicted molar refractivity (Wildman–Crippen MR) is 108 cm³/mol. The second-order valence-corrected chi connectivity index (χ2v) is 6.90. The summed E-state index contributed by atoms with van der Waals surface area (Å²) in [5.74, 6) is 6.09. The number of carbonyl (C=O) groups is 1. The summed E-state index contributed by atoms with van der Waals surface area (Å²) in [5.41, 5.74) is 3.62. The second kappa shape index (κ2) is 7.97. The summed E-state index contributed by atoms with van der Waals surface area (Å²) < 4.78 is 1.45. The van der Waals surface area contributed by atoms with Crippen LogP contribution in [0.5, 0.6) is 0 Å². The van der Waals surface area contributed by atoms with E-state index in [4.69, 9.17) is 5.84 Å². The van der Waals surface area contributed by atoms with Crippen LogP contribution in [0, 0.1) is 0 Å². The molecule has 0 saturated heterocycles. The van der Waals surface area contributed by atoms with E-state index in [1.807, 2.05) is 73.6 Å². The van der Waals surface area contributed by atoms with Crippen LogP contribution in [0.4, 0.5) is 11.4 Å². The van der Waals surface area contributed by atoms with E-state index < -0.39 is 0 Å². The number of aromatic nitrogens is 2. The number of imidazole rings is 1. The van der Waals surface area contributed by atoms with Crippen molar-refractivity contribution in [3.05, 3.63) is 60.8 Å². The molecule has 3 N–H and O–H groups in total. The SMILES string of the molecule is CN(C)c1ccc(NC(=O)CSc2nc(-c3ccccc3)cn2N)cc1. The van der Waals surface area contributed by atoms with E-state index in [9.17, 15) is 4.79 Å². The number of nitrogens with zero attached hydrogens (tertiary/aromatic N) is 3. The van der Waals surface area contributed by atoms with Crippen molar-refractivity contribution in [2.75, 3.05) is 35.9 Å². The van der Waals surface area contributed by atoms with Crippen LogP contribution in [-0.2, 0) is 4.79 Å². The summed E-state index contributed by atoms with van der Waals surface area (Å²) in [6, 6.07) is 17.5. The summed E-state index contributed by atoms with van der Waals surface area (Å²) in [6.45, 7) is 0. The van der Waals surface area contributed by atoms with Crippen LogP contribution >= 0.6 is 11.8 Å². The number of nitrogens with one attached hydrogen (secondary N) is 1. The van der Waals surface area contributed by atoms with Gasteiger partial charge in [-0.2, -0.15) is 0 Å². The Bertz CT molecular complexity index is 875. The summed E-state index contributed by atoms with van der Waals surface area (Å²) in [4.78, 5) is 18.7. The highest BCUT2D eigenvalue weighted by Crippen LogP contribution is 2.23. The zero-order valence-corrected chi connectivity index (χ0v) is 15.5. The molecule has 2 aromatic carbocycles. The van der Waals surface area contributed by atoms with Crippen molar-refractivity contribution in [1.82, 2.24) is 9.66 Å². The molecular weight excluding hydrogens is 346 g/mol. The van der Waals surface area contributed by atoms with Crippen LogP contribution in [0.25, 0.3) is 11.3 Å². The summed E-state index contributed by atoms with van der Waals surface area (Å²) in [7, 11) is 3.95. The molecule has 3 rings (SSSR count). The van der Waals surface area contributed by atoms with Crippen molar-refractivity contribution in [1.29, 1.82) is 0 Å². The first-order valence-electron chi connectivity index (χ1n) is 8.13. The third kappa shape index (κ3) is 4.37. The number of thioether (sulfide) groups is 1. The molecule has 0 bridgehead atoms. The van der Waals surface area contributed by atoms with Crippen molar-refractivity contribution in [3.8, 4) is 11.3 Å². The number of benzene rings is 2. The van der Waals surface area contributed by atoms with E-state index in [0.717, 1.165) is 22.6 Å². The standard InChI is InChI=1S/C19H21N5OS/c1-23(2)16-10-8-15(9-11-16)21-18(25)13-26-19-22-17(12-24(19)20)14-6-4-3-5-7-14/h3-12H,13,20H2,1-2H3,(H,21,25). The van der Waals surface area contributed by atoms with E-state index in [2.05, 4.69) is 10.3 Å². The zero-order valence-electron chi connectivity index (χ0n) is 14.7. The minimum absolute atomic E-state index is 0.100. The Morgan fingerprint density at radius 1 is 1.15 bits per heavy atom. The lowest BCUT2D eigenvalue weighted by atomic mass is 10.2. The molecule has 1 amide bonds. The highest BCUT2D eigenvalue weighted by atomic mass is 32.2. The molecule has 0 spiro atoms. The van der Waals surface area contributed by atoms with Gasteiger partial charge in [0.2, 0.25) is 5.91 Å². The first kappa shape index (κ1) is 17.9. The fourth-order valence-electron chi connectivity index (χ4n) is 2.40. The Morgan fingerprint density at radius 3 is 2.50 bits per heavy atom. The Hall–Kier alpha value is -2.93. The highest BCUT2D eigenvalue weighted by Gasteiger charge is 2.11. The average Bonchev–Trinajstić information content (AvgIpc) is 3.02. The number of amides is 1. The largest absolute Gasteiger partial charge is 0.378 e. The van der Waals surface area contributed by atoms with Crippen LogP contribution < -0.4 is 16.1 Å². The van der Waals surface area contributed by atoms with Crippen LogP contribution in [0.2, 0.25) is 0 Å². The molecule has 0 aliphatic carbocycles. The molecule has 3 aromatic rings. The van der Waals surface area contributed by atoms with Crippen LogP contribution in [-0.4, -0.2) is 35.4 Å². The van der Waals surface area contributed by atoms with Crippen molar-refractivity contribution in [2.24, 2.45) is 0 Å². The van der Waals surface area contributed by atoms with Gasteiger partial charge in [0, 0.05) is 31.0 Å². The number of nitrogens with two attached hydrogens (primary N) is 1. The Morgan fingerprint density at radius 2 is 1.85 bits per heavy atom. The Kier molecular flexibility index (Phi) is 5.48. The molecule has 0 saturated carbocycles. The molecule has 1 aromatic heterocycles. The molecule has 134 valence electrons. The molecule has 26 heavy (non-hydrogen) atoms. The van der Waals surface area contributed by atoms with Crippen molar-refractivity contribution in [3.63, 3.8) is 0 Å². The van der Waals surface area contributed by atoms with Gasteiger partial charge in [-0.25, -0.2) is 9.66 Å². The molecule has 7 heteroatoms. The maximum absolute atomic E-state index is 12.2. The zero-order chi connectivity index (χ0) is 18.5. The van der Waals surface area contributed by atoms with Gasteiger partial charge in [-0.05, 0) is 24.3 Å². The first-order valence-corrected chi connectivity index (χ1v) is 9.11. The first-order chi connectivity index (χ1) is 12.5. The summed E-state index contributed by atoms with van der Waals surface area (Å²) in [6.07, 6.45) is 1.76. The quantitative estimate of drug-likeness (QED) is 0.517. The van der Waals surface area contributed by atoms with Gasteiger partial charge < -0.3 is 16.1 Å². The molecule has 1 heterocycles. The number of nitrogen functional groups attached to an aromatic ring is 1. The molecule has 0 aliphatic heterocycles. The Labute approximate surface area is 157 Å². The van der Waals surface area contributed by atoms with E-state index in [1.165, 1.54) is 16.4 Å². The smallest absolute Gasteiger partial charge is 0.234 e. The number of anilines is 2. The van der Waals surface area contributed by atoms with Crippen LogP contribution in [0.1, 0.15) is 0 Å². The fraction of sp³-hybridized carbons (Fsp3) is 0.158. The van der Waals surface area contributed by atoms with Crippen molar-refractivity contribution >= 4 is 29.0 Å². The second-order valence-electron chi connectivity index (χ2n) is 5.96. The Balaban J connectivity index is 1.58. The van der Waals surface area contributed by atoms with Gasteiger partial charge >= 0.3 is 0 Å². The molecule has 0 atom stereocenters. The number of rotatable bonds is 6. The van der Waals surface area contributed by atoms with Gasteiger partial charge in [0.15, 0.2) is 5.16 Å². The van der Waals surface area contributed by atoms with Gasteiger partial charge in [0.25, 0.3) is 0 Å². The van der Waals surface area contributed by atoms with Gasteiger partial charge in [-0.3, -0.25) is 4.79 Å². The fourth-order valence-corrected chi connectivity index (χ4v) is 3.10. The number of hydrogen-bond donors (Lipinski definition) is 2. The molecule has 6 nitrogen and oxygen atoms in total. The molecule has 0 unspecified atom stereocenters. The van der Waals surface area contributed by atoms with Gasteiger partial charge in [-0.1, -0.05) is 42.1 Å². The van der Waals surface area contributed by atoms with Gasteiger partial charge in [0.1, 0.15) is 0 Å². The normalized spacial score (nSPS) is 10.5. The monoisotopic (exact) mass is 367 g/mol. The summed E-state index contributed by atoms with van der Waals surface area (Å²) in [5, 5.41) is 3.48. The van der Waals surface area contributed by atoms with Crippen LogP contribution in [0.3, 0.4) is 0 Å². The van der Waals surface area contributed by atoms with Crippen molar-refractivity contribution < 1.29 is 4.79 Å². The topological polar surface area (TPSA) is 76.2 Å². The predicted octanol–water partition coefficient (Wildman–Crippen LogP) is 3.06. The van der Waals surface area contributed by atoms with Gasteiger partial charge in [-0.15, -0.1) is 0 Å². The van der Waals surface area contributed by atoms with E-state index in [1.54, 1.807) is 6.20 Å². The number of carbonyl (C=O) groups excluding carboxylic acids is 1. The third-order valence-corrected chi connectivity index (χ3v) is 4.73.